The van der Waals surface area contributed by atoms with Crippen molar-refractivity contribution in [3.8, 4) is 0 Å². The summed E-state index contributed by atoms with van der Waals surface area (Å²) in [7, 11) is 0. The lowest BCUT2D eigenvalue weighted by Gasteiger charge is -2.36. The van der Waals surface area contributed by atoms with E-state index >= 15 is 0 Å². The summed E-state index contributed by atoms with van der Waals surface area (Å²) in [5.41, 5.74) is 1.79. The van der Waals surface area contributed by atoms with Gasteiger partial charge in [-0.05, 0) is 29.8 Å². The Morgan fingerprint density at radius 3 is 2.29 bits per heavy atom. The van der Waals surface area contributed by atoms with E-state index in [1.165, 1.54) is 24.3 Å². The third-order valence-electron chi connectivity index (χ3n) is 4.83. The van der Waals surface area contributed by atoms with Crippen LogP contribution in [0.15, 0.2) is 48.5 Å². The summed E-state index contributed by atoms with van der Waals surface area (Å²) < 4.78 is 13.0. The van der Waals surface area contributed by atoms with E-state index in [4.69, 9.17) is 0 Å². The summed E-state index contributed by atoms with van der Waals surface area (Å²) in [6, 6.07) is 12.6. The van der Waals surface area contributed by atoms with Crippen molar-refractivity contribution < 1.29 is 14.1 Å². The van der Waals surface area contributed by atoms with E-state index in [0.717, 1.165) is 44.0 Å². The van der Waals surface area contributed by atoms with Gasteiger partial charge < -0.3 is 10.2 Å². The maximum absolute atomic E-state index is 13.0. The molecule has 1 aliphatic rings. The second-order valence-corrected chi connectivity index (χ2v) is 6.76. The van der Waals surface area contributed by atoms with Crippen LogP contribution in [-0.4, -0.2) is 55.0 Å². The molecule has 0 spiro atoms. The van der Waals surface area contributed by atoms with Crippen molar-refractivity contribution in [1.29, 1.82) is 0 Å². The molecule has 7 nitrogen and oxygen atoms in total. The van der Waals surface area contributed by atoms with Gasteiger partial charge in [0.2, 0.25) is 5.91 Å². The lowest BCUT2D eigenvalue weighted by atomic mass is 10.1. The molecular formula is C20H23FN4O3. The normalized spacial score (nSPS) is 14.7. The molecule has 1 aliphatic heterocycles. The van der Waals surface area contributed by atoms with E-state index in [1.807, 2.05) is 0 Å². The molecule has 3 rings (SSSR count). The van der Waals surface area contributed by atoms with Crippen LogP contribution in [0.3, 0.4) is 0 Å². The van der Waals surface area contributed by atoms with Gasteiger partial charge in [0.05, 0.1) is 11.3 Å². The number of hydrogen-bond donors (Lipinski definition) is 1. The van der Waals surface area contributed by atoms with Crippen LogP contribution in [-0.2, 0) is 11.2 Å². The SMILES string of the molecule is O=C(Cc1ccc([N+](=O)[O-])cc1)NCCN1CCN(c2ccc(F)cc2)CC1. The molecule has 0 unspecified atom stereocenters. The Bertz CT molecular complexity index is 803. The highest BCUT2D eigenvalue weighted by Gasteiger charge is 2.17. The number of halogens is 1. The van der Waals surface area contributed by atoms with Crippen LogP contribution < -0.4 is 10.2 Å². The molecule has 0 saturated carbocycles. The monoisotopic (exact) mass is 386 g/mol. The summed E-state index contributed by atoms with van der Waals surface area (Å²) in [6.45, 7) is 4.82. The first-order chi connectivity index (χ1) is 13.5. The van der Waals surface area contributed by atoms with Crippen molar-refractivity contribution in [3.05, 3.63) is 70.0 Å². The first kappa shape index (κ1) is 19.8. The molecule has 0 radical (unpaired) electrons. The van der Waals surface area contributed by atoms with Crippen LogP contribution in [0.1, 0.15) is 5.56 Å². The molecule has 1 heterocycles. The number of anilines is 1. The van der Waals surface area contributed by atoms with Gasteiger partial charge in [0.15, 0.2) is 0 Å². The topological polar surface area (TPSA) is 78.7 Å². The number of rotatable bonds is 7. The first-order valence-corrected chi connectivity index (χ1v) is 9.24. The third-order valence-corrected chi connectivity index (χ3v) is 4.83. The number of non-ortho nitro benzene ring substituents is 1. The first-order valence-electron chi connectivity index (χ1n) is 9.24. The molecule has 148 valence electrons. The van der Waals surface area contributed by atoms with Crippen LogP contribution in [0.5, 0.6) is 0 Å². The number of carbonyl (C=O) groups is 1. The molecular weight excluding hydrogens is 363 g/mol. The minimum absolute atomic E-state index is 0.0175. The number of nitrogens with zero attached hydrogens (tertiary/aromatic N) is 3. The zero-order valence-corrected chi connectivity index (χ0v) is 15.5. The zero-order valence-electron chi connectivity index (χ0n) is 15.5. The Labute approximate surface area is 162 Å². The van der Waals surface area contributed by atoms with E-state index < -0.39 is 4.92 Å². The lowest BCUT2D eigenvalue weighted by Crippen LogP contribution is -2.48. The fourth-order valence-electron chi connectivity index (χ4n) is 3.22. The molecule has 1 amide bonds. The van der Waals surface area contributed by atoms with Crippen molar-refractivity contribution in [2.45, 2.75) is 6.42 Å². The Balaban J connectivity index is 1.35. The molecule has 1 fully saturated rings. The van der Waals surface area contributed by atoms with Gasteiger partial charge >= 0.3 is 0 Å². The maximum atomic E-state index is 13.0. The fraction of sp³-hybridized carbons (Fsp3) is 0.350. The molecule has 2 aromatic rings. The number of nitro benzene ring substituents is 1. The van der Waals surface area contributed by atoms with Crippen LogP contribution >= 0.6 is 0 Å². The number of amides is 1. The fourth-order valence-corrected chi connectivity index (χ4v) is 3.22. The zero-order chi connectivity index (χ0) is 19.9. The van der Waals surface area contributed by atoms with Crippen molar-refractivity contribution in [2.75, 3.05) is 44.2 Å². The van der Waals surface area contributed by atoms with Crippen molar-refractivity contribution >= 4 is 17.3 Å². The van der Waals surface area contributed by atoms with E-state index in [2.05, 4.69) is 15.1 Å². The predicted octanol–water partition coefficient (Wildman–Crippen LogP) is 2.21. The van der Waals surface area contributed by atoms with Gasteiger partial charge in [-0.25, -0.2) is 4.39 Å². The average molecular weight is 386 g/mol. The van der Waals surface area contributed by atoms with Gasteiger partial charge in [0.25, 0.3) is 5.69 Å². The number of nitrogens with one attached hydrogen (secondary N) is 1. The van der Waals surface area contributed by atoms with Crippen LogP contribution in [0, 0.1) is 15.9 Å². The van der Waals surface area contributed by atoms with Crippen molar-refractivity contribution in [2.24, 2.45) is 0 Å². The third kappa shape index (κ3) is 5.50. The molecule has 0 aliphatic carbocycles. The maximum Gasteiger partial charge on any atom is 0.269 e. The predicted molar refractivity (Wildman–Crippen MR) is 105 cm³/mol. The number of piperazine rings is 1. The molecule has 2 aromatic carbocycles. The highest BCUT2D eigenvalue weighted by molar-refractivity contribution is 5.78. The standard InChI is InChI=1S/C20H23FN4O3/c21-17-3-7-18(8-4-17)24-13-11-23(12-14-24)10-9-22-20(26)15-16-1-5-19(6-2-16)25(27)28/h1-8H,9-15H2,(H,22,26). The van der Waals surface area contributed by atoms with E-state index in [9.17, 15) is 19.3 Å². The molecule has 0 bridgehead atoms. The lowest BCUT2D eigenvalue weighted by molar-refractivity contribution is -0.384. The average Bonchev–Trinajstić information content (AvgIpc) is 2.69. The smallest absolute Gasteiger partial charge is 0.269 e. The number of carbonyl (C=O) groups excluding carboxylic acids is 1. The molecule has 0 aromatic heterocycles. The van der Waals surface area contributed by atoms with Crippen LogP contribution in [0.25, 0.3) is 0 Å². The highest BCUT2D eigenvalue weighted by atomic mass is 19.1. The summed E-state index contributed by atoms with van der Waals surface area (Å²) in [5.74, 6) is -0.328. The van der Waals surface area contributed by atoms with Crippen molar-refractivity contribution in [3.63, 3.8) is 0 Å². The molecule has 8 heteroatoms. The minimum atomic E-state index is -0.459. The molecule has 0 atom stereocenters. The van der Waals surface area contributed by atoms with E-state index in [0.29, 0.717) is 6.54 Å². The molecule has 1 saturated heterocycles. The van der Waals surface area contributed by atoms with Gasteiger partial charge in [-0.2, -0.15) is 0 Å². The van der Waals surface area contributed by atoms with Gasteiger partial charge in [-0.3, -0.25) is 19.8 Å². The van der Waals surface area contributed by atoms with Gasteiger partial charge in [-0.15, -0.1) is 0 Å². The van der Waals surface area contributed by atoms with E-state index in [1.54, 1.807) is 24.3 Å². The Morgan fingerprint density at radius 1 is 1.04 bits per heavy atom. The second-order valence-electron chi connectivity index (χ2n) is 6.76. The number of benzene rings is 2. The number of hydrogen-bond acceptors (Lipinski definition) is 5. The quantitative estimate of drug-likeness (QED) is 0.583. The van der Waals surface area contributed by atoms with Crippen molar-refractivity contribution in [1.82, 2.24) is 10.2 Å². The van der Waals surface area contributed by atoms with Crippen LogP contribution in [0.2, 0.25) is 0 Å². The van der Waals surface area contributed by atoms with Crippen LogP contribution in [0.4, 0.5) is 15.8 Å². The largest absolute Gasteiger partial charge is 0.369 e. The summed E-state index contributed by atoms with van der Waals surface area (Å²) in [5, 5.41) is 13.5. The Morgan fingerprint density at radius 2 is 1.68 bits per heavy atom. The Hall–Kier alpha value is -3.00. The minimum Gasteiger partial charge on any atom is -0.369 e. The molecule has 1 N–H and O–H groups in total. The summed E-state index contributed by atoms with van der Waals surface area (Å²) >= 11 is 0. The van der Waals surface area contributed by atoms with E-state index in [-0.39, 0.29) is 23.8 Å². The second kappa shape index (κ2) is 9.27. The van der Waals surface area contributed by atoms with Gasteiger partial charge in [0, 0.05) is 57.1 Å². The molecule has 28 heavy (non-hydrogen) atoms. The Kier molecular flexibility index (Phi) is 6.54. The summed E-state index contributed by atoms with van der Waals surface area (Å²) in [6.07, 6.45) is 0.205. The van der Waals surface area contributed by atoms with Gasteiger partial charge in [-0.1, -0.05) is 12.1 Å². The summed E-state index contributed by atoms with van der Waals surface area (Å²) in [4.78, 5) is 26.7. The van der Waals surface area contributed by atoms with Gasteiger partial charge in [0.1, 0.15) is 5.82 Å². The highest BCUT2D eigenvalue weighted by Crippen LogP contribution is 2.16. The number of nitro groups is 1.